The number of likely N-dealkylation sites (tertiary alicyclic amines) is 1. The number of nitrogens with zero attached hydrogens (tertiary/aromatic N) is 4. The second-order valence-corrected chi connectivity index (χ2v) is 6.45. The van der Waals surface area contributed by atoms with Gasteiger partial charge in [-0.15, -0.1) is 11.3 Å². The van der Waals surface area contributed by atoms with Crippen molar-refractivity contribution in [2.24, 2.45) is 7.05 Å². The molecule has 106 valence electrons. The van der Waals surface area contributed by atoms with E-state index < -0.39 is 0 Å². The van der Waals surface area contributed by atoms with E-state index in [2.05, 4.69) is 10.1 Å². The molecule has 0 N–H and O–H groups in total. The molecule has 0 spiro atoms. The number of rotatable bonds is 2. The molecule has 6 heteroatoms. The number of hydrogen-bond acceptors (Lipinski definition) is 4. The monoisotopic (exact) mass is 290 g/mol. The summed E-state index contributed by atoms with van der Waals surface area (Å²) in [6, 6.07) is 0.151. The fraction of sp³-hybridized carbons (Fsp3) is 0.500. The van der Waals surface area contributed by atoms with Crippen LogP contribution in [-0.2, 0) is 7.05 Å². The van der Waals surface area contributed by atoms with Crippen molar-refractivity contribution in [1.82, 2.24) is 19.7 Å². The smallest absolute Gasteiger partial charge is 0.266 e. The van der Waals surface area contributed by atoms with Crippen LogP contribution in [0.2, 0.25) is 0 Å². The average Bonchev–Trinajstić information content (AvgIpc) is 3.08. The molecule has 0 aliphatic carbocycles. The van der Waals surface area contributed by atoms with Crippen LogP contribution in [0.3, 0.4) is 0 Å². The number of hydrogen-bond donors (Lipinski definition) is 0. The van der Waals surface area contributed by atoms with Crippen LogP contribution >= 0.6 is 11.3 Å². The summed E-state index contributed by atoms with van der Waals surface area (Å²) in [5, 5.41) is 5.17. The van der Waals surface area contributed by atoms with Gasteiger partial charge in [0.25, 0.3) is 5.91 Å². The first-order valence-electron chi connectivity index (χ1n) is 6.80. The summed E-state index contributed by atoms with van der Waals surface area (Å²) >= 11 is 1.49. The normalized spacial score (nSPS) is 18.8. The molecule has 1 aliphatic rings. The van der Waals surface area contributed by atoms with Gasteiger partial charge < -0.3 is 4.90 Å². The Morgan fingerprint density at radius 2 is 2.25 bits per heavy atom. The van der Waals surface area contributed by atoms with Gasteiger partial charge in [-0.2, -0.15) is 5.10 Å². The van der Waals surface area contributed by atoms with Gasteiger partial charge in [0.1, 0.15) is 4.88 Å². The van der Waals surface area contributed by atoms with Gasteiger partial charge in [-0.05, 0) is 26.7 Å². The lowest BCUT2D eigenvalue weighted by Crippen LogP contribution is -2.30. The highest BCUT2D eigenvalue weighted by Crippen LogP contribution is 2.34. The van der Waals surface area contributed by atoms with Crippen LogP contribution in [0.5, 0.6) is 0 Å². The van der Waals surface area contributed by atoms with Crippen molar-refractivity contribution < 1.29 is 4.79 Å². The molecule has 0 saturated carbocycles. The van der Waals surface area contributed by atoms with E-state index in [1.165, 1.54) is 11.3 Å². The Labute approximate surface area is 122 Å². The minimum absolute atomic E-state index is 0.111. The van der Waals surface area contributed by atoms with Gasteiger partial charge in [0.15, 0.2) is 0 Å². The molecule has 1 fully saturated rings. The molecule has 3 rings (SSSR count). The minimum Gasteiger partial charge on any atom is -0.331 e. The molecule has 2 aromatic heterocycles. The van der Waals surface area contributed by atoms with E-state index in [9.17, 15) is 4.79 Å². The van der Waals surface area contributed by atoms with E-state index in [0.29, 0.717) is 0 Å². The summed E-state index contributed by atoms with van der Waals surface area (Å²) in [7, 11) is 1.90. The van der Waals surface area contributed by atoms with Crippen molar-refractivity contribution in [3.05, 3.63) is 33.5 Å². The summed E-state index contributed by atoms with van der Waals surface area (Å²) < 4.78 is 1.79. The number of carbonyl (C=O) groups is 1. The third kappa shape index (κ3) is 2.24. The van der Waals surface area contributed by atoms with E-state index in [-0.39, 0.29) is 11.9 Å². The topological polar surface area (TPSA) is 51.0 Å². The Kier molecular flexibility index (Phi) is 3.33. The molecular weight excluding hydrogens is 272 g/mol. The SMILES string of the molecule is Cc1nc(C)c(C(=O)N2CCCC2c2cnn(C)c2)s1. The first-order valence-corrected chi connectivity index (χ1v) is 7.61. The zero-order valence-corrected chi connectivity index (χ0v) is 12.8. The van der Waals surface area contributed by atoms with Crippen molar-refractivity contribution >= 4 is 17.2 Å². The quantitative estimate of drug-likeness (QED) is 0.853. The van der Waals surface area contributed by atoms with Crippen LogP contribution < -0.4 is 0 Å². The van der Waals surface area contributed by atoms with Crippen molar-refractivity contribution in [2.75, 3.05) is 6.54 Å². The second kappa shape index (κ2) is 5.01. The lowest BCUT2D eigenvalue weighted by molar-refractivity contribution is 0.0739. The largest absolute Gasteiger partial charge is 0.331 e. The highest BCUT2D eigenvalue weighted by atomic mass is 32.1. The molecule has 5 nitrogen and oxygen atoms in total. The Morgan fingerprint density at radius 3 is 2.85 bits per heavy atom. The number of aromatic nitrogens is 3. The number of carbonyl (C=O) groups excluding carboxylic acids is 1. The number of amides is 1. The first-order chi connectivity index (χ1) is 9.56. The summed E-state index contributed by atoms with van der Waals surface area (Å²) in [4.78, 5) is 19.8. The standard InChI is InChI=1S/C14H18N4OS/c1-9-13(20-10(2)16-9)14(19)18-6-4-5-12(18)11-7-15-17(3)8-11/h7-8,12H,4-6H2,1-3H3. The Morgan fingerprint density at radius 1 is 1.45 bits per heavy atom. The Bertz CT molecular complexity index is 645. The molecule has 3 heterocycles. The average molecular weight is 290 g/mol. The van der Waals surface area contributed by atoms with Crippen LogP contribution in [0, 0.1) is 13.8 Å². The third-order valence-electron chi connectivity index (χ3n) is 3.72. The molecule has 1 unspecified atom stereocenters. The van der Waals surface area contributed by atoms with Crippen LogP contribution in [0.25, 0.3) is 0 Å². The molecule has 1 saturated heterocycles. The zero-order chi connectivity index (χ0) is 14.3. The summed E-state index contributed by atoms with van der Waals surface area (Å²) in [5.74, 6) is 0.111. The van der Waals surface area contributed by atoms with Crippen LogP contribution in [0.15, 0.2) is 12.4 Å². The van der Waals surface area contributed by atoms with Gasteiger partial charge >= 0.3 is 0 Å². The van der Waals surface area contributed by atoms with E-state index in [1.807, 2.05) is 38.2 Å². The van der Waals surface area contributed by atoms with Crippen molar-refractivity contribution in [3.63, 3.8) is 0 Å². The van der Waals surface area contributed by atoms with E-state index >= 15 is 0 Å². The molecule has 1 aliphatic heterocycles. The Balaban J connectivity index is 1.89. The molecule has 0 radical (unpaired) electrons. The van der Waals surface area contributed by atoms with Gasteiger partial charge in [0, 0.05) is 25.4 Å². The van der Waals surface area contributed by atoms with E-state index in [1.54, 1.807) is 4.68 Å². The molecule has 20 heavy (non-hydrogen) atoms. The maximum absolute atomic E-state index is 12.7. The first kappa shape index (κ1) is 13.3. The highest BCUT2D eigenvalue weighted by molar-refractivity contribution is 7.13. The molecule has 0 aromatic carbocycles. The van der Waals surface area contributed by atoms with Gasteiger partial charge in [-0.25, -0.2) is 4.98 Å². The minimum atomic E-state index is 0.111. The van der Waals surface area contributed by atoms with Crippen LogP contribution in [0.4, 0.5) is 0 Å². The Hall–Kier alpha value is -1.69. The van der Waals surface area contributed by atoms with Gasteiger partial charge in [0.2, 0.25) is 0 Å². The summed E-state index contributed by atoms with van der Waals surface area (Å²) in [6.45, 7) is 4.66. The fourth-order valence-electron chi connectivity index (χ4n) is 2.83. The molecule has 2 aromatic rings. The third-order valence-corrected chi connectivity index (χ3v) is 4.78. The second-order valence-electron chi connectivity index (χ2n) is 5.25. The van der Waals surface area contributed by atoms with Gasteiger partial charge in [-0.1, -0.05) is 0 Å². The number of thiazole rings is 1. The van der Waals surface area contributed by atoms with Gasteiger partial charge in [0.05, 0.1) is 22.9 Å². The predicted molar refractivity (Wildman–Crippen MR) is 77.8 cm³/mol. The lowest BCUT2D eigenvalue weighted by Gasteiger charge is -2.23. The van der Waals surface area contributed by atoms with Crippen molar-refractivity contribution in [1.29, 1.82) is 0 Å². The number of aryl methyl sites for hydroxylation is 3. The van der Waals surface area contributed by atoms with Gasteiger partial charge in [-0.3, -0.25) is 9.48 Å². The lowest BCUT2D eigenvalue weighted by atomic mass is 10.1. The highest BCUT2D eigenvalue weighted by Gasteiger charge is 2.32. The maximum atomic E-state index is 12.7. The fourth-order valence-corrected chi connectivity index (χ4v) is 3.70. The van der Waals surface area contributed by atoms with E-state index in [0.717, 1.165) is 40.5 Å². The predicted octanol–water partition coefficient (Wildman–Crippen LogP) is 2.47. The van der Waals surface area contributed by atoms with Crippen LogP contribution in [-0.4, -0.2) is 32.1 Å². The summed E-state index contributed by atoms with van der Waals surface area (Å²) in [5.41, 5.74) is 1.96. The van der Waals surface area contributed by atoms with Crippen molar-refractivity contribution in [2.45, 2.75) is 32.7 Å². The molecule has 0 bridgehead atoms. The zero-order valence-electron chi connectivity index (χ0n) is 12.0. The van der Waals surface area contributed by atoms with Crippen molar-refractivity contribution in [3.8, 4) is 0 Å². The molecule has 1 atom stereocenters. The molecular formula is C14H18N4OS. The molecule has 1 amide bonds. The maximum Gasteiger partial charge on any atom is 0.266 e. The van der Waals surface area contributed by atoms with Crippen LogP contribution in [0.1, 0.15) is 44.8 Å². The summed E-state index contributed by atoms with van der Waals surface area (Å²) in [6.07, 6.45) is 5.92. The van der Waals surface area contributed by atoms with E-state index in [4.69, 9.17) is 0 Å².